The molecule has 0 aromatic heterocycles. The number of carboxylic acid groups (broad SMARTS) is 1. The number of carbonyl (C=O) groups is 2. The molecule has 0 radical (unpaired) electrons. The predicted octanol–water partition coefficient (Wildman–Crippen LogP) is 0.0540. The number of hydrogen-bond donors (Lipinski definition) is 2. The van der Waals surface area contributed by atoms with E-state index in [-0.39, 0.29) is 0 Å². The van der Waals surface area contributed by atoms with Crippen LogP contribution in [-0.2, 0) is 9.53 Å². The third kappa shape index (κ3) is 5.02. The summed E-state index contributed by atoms with van der Waals surface area (Å²) in [4.78, 5) is 21.1. The number of amides is 1. The summed E-state index contributed by atoms with van der Waals surface area (Å²) in [6.45, 7) is 1.77. The molecule has 6 nitrogen and oxygen atoms in total. The Morgan fingerprint density at radius 1 is 1.54 bits per heavy atom. The van der Waals surface area contributed by atoms with Crippen molar-refractivity contribution in [1.82, 2.24) is 10.4 Å². The molecule has 0 aromatic rings. The van der Waals surface area contributed by atoms with Gasteiger partial charge in [-0.3, -0.25) is 0 Å². The zero-order valence-corrected chi connectivity index (χ0v) is 7.74. The van der Waals surface area contributed by atoms with Crippen molar-refractivity contribution in [2.45, 2.75) is 13.3 Å². The third-order valence-electron chi connectivity index (χ3n) is 1.26. The fourth-order valence-electron chi connectivity index (χ4n) is 0.719. The van der Waals surface area contributed by atoms with Gasteiger partial charge in [-0.05, 0) is 6.42 Å². The number of carbonyl (C=O) groups excluding carboxylic acids is 1. The summed E-state index contributed by atoms with van der Waals surface area (Å²) in [6, 6.07) is 0. The Morgan fingerprint density at radius 2 is 2.15 bits per heavy atom. The van der Waals surface area contributed by atoms with Crippen molar-refractivity contribution in [2.24, 2.45) is 0 Å². The van der Waals surface area contributed by atoms with E-state index >= 15 is 0 Å². The van der Waals surface area contributed by atoms with Crippen LogP contribution in [0.4, 0.5) is 4.79 Å². The molecule has 0 bridgehead atoms. The molecule has 0 atom stereocenters. The lowest BCUT2D eigenvalue weighted by atomic mass is 10.5. The van der Waals surface area contributed by atoms with Crippen LogP contribution in [0.5, 0.6) is 0 Å². The molecule has 0 fully saturated rings. The van der Waals surface area contributed by atoms with E-state index in [1.165, 1.54) is 5.01 Å². The van der Waals surface area contributed by atoms with Gasteiger partial charge >= 0.3 is 12.1 Å². The lowest BCUT2D eigenvalue weighted by Crippen LogP contribution is -2.41. The average molecular weight is 190 g/mol. The van der Waals surface area contributed by atoms with Gasteiger partial charge < -0.3 is 9.84 Å². The fourth-order valence-corrected chi connectivity index (χ4v) is 0.719. The summed E-state index contributed by atoms with van der Waals surface area (Å²) in [5.41, 5.74) is 2.59. The number of hydrogen-bond acceptors (Lipinski definition) is 4. The molecule has 0 saturated carbocycles. The van der Waals surface area contributed by atoms with Crippen LogP contribution in [0.2, 0.25) is 0 Å². The van der Waals surface area contributed by atoms with Crippen molar-refractivity contribution in [2.75, 3.05) is 20.2 Å². The van der Waals surface area contributed by atoms with Crippen LogP contribution in [0.3, 0.4) is 0 Å². The van der Waals surface area contributed by atoms with Crippen LogP contribution in [-0.4, -0.2) is 42.4 Å². The maximum absolute atomic E-state index is 11.0. The Balaban J connectivity index is 3.84. The number of ether oxygens (including phenoxy) is 1. The topological polar surface area (TPSA) is 78.9 Å². The highest BCUT2D eigenvalue weighted by Crippen LogP contribution is 1.91. The molecule has 0 aliphatic carbocycles. The molecule has 0 spiro atoms. The van der Waals surface area contributed by atoms with Gasteiger partial charge in [0.25, 0.3) is 0 Å². The summed E-state index contributed by atoms with van der Waals surface area (Å²) in [7, 11) is 1.57. The molecule has 13 heavy (non-hydrogen) atoms. The summed E-state index contributed by atoms with van der Waals surface area (Å²) in [6.07, 6.45) is 0.0926. The van der Waals surface area contributed by atoms with Crippen LogP contribution in [0.15, 0.2) is 0 Å². The molecule has 0 saturated heterocycles. The van der Waals surface area contributed by atoms with Gasteiger partial charge in [-0.2, -0.15) is 0 Å². The Bertz CT molecular complexity index is 183. The second-order valence-corrected chi connectivity index (χ2v) is 2.32. The van der Waals surface area contributed by atoms with Gasteiger partial charge in [0, 0.05) is 13.6 Å². The maximum Gasteiger partial charge on any atom is 0.424 e. The van der Waals surface area contributed by atoms with Gasteiger partial charge in [-0.15, -0.1) is 0 Å². The Morgan fingerprint density at radius 3 is 2.54 bits per heavy atom. The monoisotopic (exact) mass is 190 g/mol. The van der Waals surface area contributed by atoms with E-state index in [9.17, 15) is 9.59 Å². The molecule has 6 heteroatoms. The van der Waals surface area contributed by atoms with Crippen LogP contribution in [0, 0.1) is 0 Å². The molecular formula is C7H14N2O4. The SMILES string of the molecule is CCCN(NC)C(=O)OCC(=O)O. The Labute approximate surface area is 76.4 Å². The first-order valence-electron chi connectivity index (χ1n) is 3.95. The highest BCUT2D eigenvalue weighted by atomic mass is 16.6. The Kier molecular flexibility index (Phi) is 5.62. The van der Waals surface area contributed by atoms with E-state index in [0.717, 1.165) is 6.42 Å². The van der Waals surface area contributed by atoms with Crippen LogP contribution in [0.1, 0.15) is 13.3 Å². The van der Waals surface area contributed by atoms with E-state index in [4.69, 9.17) is 5.11 Å². The first kappa shape index (κ1) is 11.7. The van der Waals surface area contributed by atoms with E-state index in [0.29, 0.717) is 6.54 Å². The van der Waals surface area contributed by atoms with E-state index < -0.39 is 18.7 Å². The normalized spacial score (nSPS) is 9.38. The highest BCUT2D eigenvalue weighted by Gasteiger charge is 2.12. The van der Waals surface area contributed by atoms with E-state index in [2.05, 4.69) is 10.2 Å². The molecule has 76 valence electrons. The molecule has 0 rings (SSSR count). The number of hydrazine groups is 1. The van der Waals surface area contributed by atoms with Crippen molar-refractivity contribution in [3.05, 3.63) is 0 Å². The molecular weight excluding hydrogens is 176 g/mol. The number of nitrogens with zero attached hydrogens (tertiary/aromatic N) is 1. The van der Waals surface area contributed by atoms with Gasteiger partial charge in [-0.1, -0.05) is 6.92 Å². The summed E-state index contributed by atoms with van der Waals surface area (Å²) in [5.74, 6) is -1.17. The summed E-state index contributed by atoms with van der Waals surface area (Å²) >= 11 is 0. The van der Waals surface area contributed by atoms with Crippen molar-refractivity contribution in [1.29, 1.82) is 0 Å². The van der Waals surface area contributed by atoms with Crippen molar-refractivity contribution >= 4 is 12.1 Å². The molecule has 0 aliphatic heterocycles. The molecule has 2 N–H and O–H groups in total. The van der Waals surface area contributed by atoms with Gasteiger partial charge in [0.2, 0.25) is 0 Å². The smallest absolute Gasteiger partial charge is 0.424 e. The van der Waals surface area contributed by atoms with Crippen LogP contribution in [0.25, 0.3) is 0 Å². The first-order valence-corrected chi connectivity index (χ1v) is 3.95. The largest absolute Gasteiger partial charge is 0.479 e. The molecule has 0 aromatic carbocycles. The Hall–Kier alpha value is -1.30. The second kappa shape index (κ2) is 6.24. The van der Waals surface area contributed by atoms with E-state index in [1.807, 2.05) is 6.92 Å². The average Bonchev–Trinajstić information content (AvgIpc) is 2.10. The second-order valence-electron chi connectivity index (χ2n) is 2.32. The zero-order chi connectivity index (χ0) is 10.3. The minimum Gasteiger partial charge on any atom is -0.479 e. The molecule has 0 unspecified atom stereocenters. The molecule has 0 aliphatic rings. The minimum atomic E-state index is -1.17. The van der Waals surface area contributed by atoms with Gasteiger partial charge in [0.1, 0.15) is 0 Å². The minimum absolute atomic E-state index is 0.481. The summed E-state index contributed by atoms with van der Waals surface area (Å²) < 4.78 is 4.43. The number of carboxylic acids is 1. The third-order valence-corrected chi connectivity index (χ3v) is 1.26. The predicted molar refractivity (Wildman–Crippen MR) is 45.0 cm³/mol. The van der Waals surface area contributed by atoms with Crippen molar-refractivity contribution < 1.29 is 19.4 Å². The van der Waals surface area contributed by atoms with E-state index in [1.54, 1.807) is 7.05 Å². The van der Waals surface area contributed by atoms with Crippen LogP contribution >= 0.6 is 0 Å². The number of nitrogens with one attached hydrogen (secondary N) is 1. The van der Waals surface area contributed by atoms with Gasteiger partial charge in [-0.25, -0.2) is 20.0 Å². The molecule has 0 heterocycles. The van der Waals surface area contributed by atoms with Gasteiger partial charge in [0.05, 0.1) is 0 Å². The lowest BCUT2D eigenvalue weighted by molar-refractivity contribution is -0.140. The van der Waals surface area contributed by atoms with Crippen molar-refractivity contribution in [3.8, 4) is 0 Å². The highest BCUT2D eigenvalue weighted by molar-refractivity contribution is 5.73. The number of rotatable bonds is 5. The standard InChI is InChI=1S/C7H14N2O4/c1-3-4-9(8-2)7(12)13-5-6(10)11/h8H,3-5H2,1-2H3,(H,10,11). The molecule has 1 amide bonds. The summed E-state index contributed by atoms with van der Waals surface area (Å²) in [5, 5.41) is 9.44. The van der Waals surface area contributed by atoms with Gasteiger partial charge in [0.15, 0.2) is 6.61 Å². The maximum atomic E-state index is 11.0. The quantitative estimate of drug-likeness (QED) is 0.599. The zero-order valence-electron chi connectivity index (χ0n) is 7.74. The van der Waals surface area contributed by atoms with Crippen molar-refractivity contribution in [3.63, 3.8) is 0 Å². The number of aliphatic carboxylic acids is 1. The fraction of sp³-hybridized carbons (Fsp3) is 0.714. The lowest BCUT2D eigenvalue weighted by Gasteiger charge is -2.18. The first-order chi connectivity index (χ1) is 6.11. The van der Waals surface area contributed by atoms with Crippen LogP contribution < -0.4 is 5.43 Å².